The molecule has 0 spiro atoms. The summed E-state index contributed by atoms with van der Waals surface area (Å²) in [6, 6.07) is 2.91. The molecular formula is C9H9Cl2FO. The lowest BCUT2D eigenvalue weighted by Gasteiger charge is -2.08. The Bertz CT molecular complexity index is 313. The average Bonchev–Trinajstić information content (AvgIpc) is 2.05. The summed E-state index contributed by atoms with van der Waals surface area (Å²) < 4.78 is 13.3. The quantitative estimate of drug-likeness (QED) is 0.764. The van der Waals surface area contributed by atoms with E-state index in [0.29, 0.717) is 5.02 Å². The van der Waals surface area contributed by atoms with Crippen LogP contribution in [0.1, 0.15) is 12.5 Å². The zero-order chi connectivity index (χ0) is 10.0. The topological polar surface area (TPSA) is 20.2 Å². The summed E-state index contributed by atoms with van der Waals surface area (Å²) in [5.41, 5.74) is 0.268. The van der Waals surface area contributed by atoms with Crippen molar-refractivity contribution in [2.45, 2.75) is 19.4 Å². The first-order valence-electron chi connectivity index (χ1n) is 3.82. The lowest BCUT2D eigenvalue weighted by molar-refractivity contribution is 0.194. The van der Waals surface area contributed by atoms with Gasteiger partial charge in [0, 0.05) is 17.0 Å². The minimum Gasteiger partial charge on any atom is -0.393 e. The Morgan fingerprint density at radius 2 is 1.92 bits per heavy atom. The van der Waals surface area contributed by atoms with E-state index in [4.69, 9.17) is 28.3 Å². The summed E-state index contributed by atoms with van der Waals surface area (Å²) in [5, 5.41) is 9.40. The molecule has 1 rings (SSSR count). The maximum absolute atomic E-state index is 13.3. The zero-order valence-electron chi connectivity index (χ0n) is 7.02. The van der Waals surface area contributed by atoms with Crippen molar-refractivity contribution in [1.29, 1.82) is 0 Å². The van der Waals surface area contributed by atoms with Gasteiger partial charge in [-0.1, -0.05) is 23.2 Å². The normalized spacial score (nSPS) is 13.0. The van der Waals surface area contributed by atoms with Crippen LogP contribution in [0.2, 0.25) is 10.0 Å². The standard InChI is InChI=1S/C9H9Cl2FO/c1-5(13)4-6-7(10)2-3-8(11)9(6)12/h2-3,5,13H,4H2,1H3. The van der Waals surface area contributed by atoms with Gasteiger partial charge in [-0.3, -0.25) is 0 Å². The molecule has 0 amide bonds. The molecule has 72 valence electrons. The molecule has 0 saturated carbocycles. The number of hydrogen-bond acceptors (Lipinski definition) is 1. The molecule has 1 atom stereocenters. The Balaban J connectivity index is 3.10. The number of aliphatic hydroxyl groups is 1. The number of rotatable bonds is 2. The van der Waals surface area contributed by atoms with Crippen molar-refractivity contribution in [2.24, 2.45) is 0 Å². The molecule has 0 aromatic heterocycles. The van der Waals surface area contributed by atoms with E-state index in [9.17, 15) is 4.39 Å². The molecule has 1 N–H and O–H groups in total. The molecule has 0 radical (unpaired) electrons. The summed E-state index contributed by atoms with van der Waals surface area (Å²) in [4.78, 5) is 0. The predicted octanol–water partition coefficient (Wildman–Crippen LogP) is 3.06. The van der Waals surface area contributed by atoms with Crippen LogP contribution < -0.4 is 0 Å². The van der Waals surface area contributed by atoms with Gasteiger partial charge in [0.15, 0.2) is 0 Å². The monoisotopic (exact) mass is 222 g/mol. The van der Waals surface area contributed by atoms with Crippen molar-refractivity contribution >= 4 is 23.2 Å². The molecule has 0 aliphatic rings. The fourth-order valence-corrected chi connectivity index (χ4v) is 1.45. The second-order valence-corrected chi connectivity index (χ2v) is 3.69. The second-order valence-electron chi connectivity index (χ2n) is 2.87. The van der Waals surface area contributed by atoms with Crippen LogP contribution >= 0.6 is 23.2 Å². The Hall–Kier alpha value is -0.310. The third-order valence-electron chi connectivity index (χ3n) is 1.64. The number of benzene rings is 1. The van der Waals surface area contributed by atoms with Gasteiger partial charge in [0.1, 0.15) is 5.82 Å². The van der Waals surface area contributed by atoms with Gasteiger partial charge in [-0.05, 0) is 19.1 Å². The van der Waals surface area contributed by atoms with E-state index in [1.54, 1.807) is 6.92 Å². The van der Waals surface area contributed by atoms with Crippen molar-refractivity contribution in [3.63, 3.8) is 0 Å². The molecule has 4 heteroatoms. The summed E-state index contributed by atoms with van der Waals surface area (Å²) in [6.45, 7) is 1.57. The molecule has 0 saturated heterocycles. The molecule has 13 heavy (non-hydrogen) atoms. The van der Waals surface area contributed by atoms with Gasteiger partial charge in [-0.2, -0.15) is 0 Å². The van der Waals surface area contributed by atoms with E-state index in [-0.39, 0.29) is 17.0 Å². The highest BCUT2D eigenvalue weighted by Gasteiger charge is 2.12. The van der Waals surface area contributed by atoms with E-state index in [1.807, 2.05) is 0 Å². The first kappa shape index (κ1) is 10.8. The van der Waals surface area contributed by atoms with E-state index in [0.717, 1.165) is 0 Å². The fourth-order valence-electron chi connectivity index (χ4n) is 1.05. The second kappa shape index (κ2) is 4.27. The van der Waals surface area contributed by atoms with Crippen LogP contribution in [0.25, 0.3) is 0 Å². The smallest absolute Gasteiger partial charge is 0.146 e. The molecule has 1 aromatic carbocycles. The van der Waals surface area contributed by atoms with Crippen molar-refractivity contribution in [3.05, 3.63) is 33.6 Å². The Morgan fingerprint density at radius 1 is 1.38 bits per heavy atom. The Morgan fingerprint density at radius 3 is 2.46 bits per heavy atom. The lowest BCUT2D eigenvalue weighted by atomic mass is 10.1. The minimum atomic E-state index is -0.634. The van der Waals surface area contributed by atoms with Crippen molar-refractivity contribution in [2.75, 3.05) is 0 Å². The Kier molecular flexibility index (Phi) is 3.54. The molecule has 0 fully saturated rings. The van der Waals surface area contributed by atoms with Crippen LogP contribution in [0.15, 0.2) is 12.1 Å². The first-order valence-corrected chi connectivity index (χ1v) is 4.58. The van der Waals surface area contributed by atoms with Gasteiger partial charge < -0.3 is 5.11 Å². The number of halogens is 3. The zero-order valence-corrected chi connectivity index (χ0v) is 8.53. The summed E-state index contributed by atoms with van der Waals surface area (Å²) in [5.74, 6) is -0.546. The maximum atomic E-state index is 13.3. The van der Waals surface area contributed by atoms with Crippen LogP contribution in [0, 0.1) is 5.82 Å². The average molecular weight is 223 g/mol. The molecule has 0 bridgehead atoms. The van der Waals surface area contributed by atoms with Gasteiger partial charge in [0.25, 0.3) is 0 Å². The summed E-state index contributed by atoms with van der Waals surface area (Å²) in [6.07, 6.45) is -0.462. The lowest BCUT2D eigenvalue weighted by Crippen LogP contribution is -2.06. The number of aliphatic hydroxyl groups excluding tert-OH is 1. The molecule has 0 aliphatic heterocycles. The van der Waals surface area contributed by atoms with E-state index in [2.05, 4.69) is 0 Å². The largest absolute Gasteiger partial charge is 0.393 e. The highest BCUT2D eigenvalue weighted by Crippen LogP contribution is 2.26. The van der Waals surface area contributed by atoms with E-state index in [1.165, 1.54) is 12.1 Å². The van der Waals surface area contributed by atoms with Crippen LogP contribution in [-0.2, 0) is 6.42 Å². The van der Waals surface area contributed by atoms with Gasteiger partial charge in [-0.15, -0.1) is 0 Å². The molecule has 1 unspecified atom stereocenters. The van der Waals surface area contributed by atoms with Gasteiger partial charge >= 0.3 is 0 Å². The molecular weight excluding hydrogens is 214 g/mol. The molecule has 1 nitrogen and oxygen atoms in total. The maximum Gasteiger partial charge on any atom is 0.146 e. The van der Waals surface area contributed by atoms with Crippen molar-refractivity contribution < 1.29 is 9.50 Å². The van der Waals surface area contributed by atoms with Gasteiger partial charge in [0.2, 0.25) is 0 Å². The third-order valence-corrected chi connectivity index (χ3v) is 2.28. The van der Waals surface area contributed by atoms with Crippen molar-refractivity contribution in [1.82, 2.24) is 0 Å². The van der Waals surface area contributed by atoms with Gasteiger partial charge in [-0.25, -0.2) is 4.39 Å². The highest BCUT2D eigenvalue weighted by atomic mass is 35.5. The summed E-state index contributed by atoms with van der Waals surface area (Å²) in [7, 11) is 0. The minimum absolute atomic E-state index is 0.0278. The SMILES string of the molecule is CC(O)Cc1c(Cl)ccc(Cl)c1F. The Labute approximate surface area is 86.1 Å². The summed E-state index contributed by atoms with van der Waals surface area (Å²) >= 11 is 11.3. The van der Waals surface area contributed by atoms with Crippen LogP contribution in [-0.4, -0.2) is 11.2 Å². The van der Waals surface area contributed by atoms with E-state index >= 15 is 0 Å². The molecule has 1 aromatic rings. The van der Waals surface area contributed by atoms with Crippen LogP contribution in [0.3, 0.4) is 0 Å². The van der Waals surface area contributed by atoms with Gasteiger partial charge in [0.05, 0.1) is 11.1 Å². The van der Waals surface area contributed by atoms with Crippen molar-refractivity contribution in [3.8, 4) is 0 Å². The highest BCUT2D eigenvalue weighted by molar-refractivity contribution is 6.33. The fraction of sp³-hybridized carbons (Fsp3) is 0.333. The predicted molar refractivity (Wildman–Crippen MR) is 51.8 cm³/mol. The number of hydrogen-bond donors (Lipinski definition) is 1. The first-order chi connectivity index (χ1) is 6.02. The third kappa shape index (κ3) is 2.56. The van der Waals surface area contributed by atoms with E-state index < -0.39 is 11.9 Å². The van der Waals surface area contributed by atoms with Crippen LogP contribution in [0.5, 0.6) is 0 Å². The molecule has 0 heterocycles. The van der Waals surface area contributed by atoms with Crippen LogP contribution in [0.4, 0.5) is 4.39 Å². The molecule has 0 aliphatic carbocycles.